The average Bonchev–Trinajstić information content (AvgIpc) is 3.44. The highest BCUT2D eigenvalue weighted by Gasteiger charge is 2.19. The van der Waals surface area contributed by atoms with Gasteiger partial charge in [-0.05, 0) is 48.5 Å². The van der Waals surface area contributed by atoms with Crippen LogP contribution in [0, 0.1) is 0 Å². The number of nitrogens with one attached hydrogen (secondary N) is 1. The molecule has 0 bridgehead atoms. The highest BCUT2D eigenvalue weighted by molar-refractivity contribution is 6.42. The number of para-hydroxylation sites is 1. The Hall–Kier alpha value is -3.76. The van der Waals surface area contributed by atoms with E-state index in [1.807, 2.05) is 24.3 Å². The maximum absolute atomic E-state index is 11.9. The smallest absolute Gasteiger partial charge is 0.438 e. The molecule has 0 spiro atoms. The molecule has 210 valence electrons. The predicted molar refractivity (Wildman–Crippen MR) is 157 cm³/mol. The molecular weight excluding hydrogens is 579 g/mol. The molecular formula is C28H27Cl3N4O5. The Bertz CT molecular complexity index is 1430. The van der Waals surface area contributed by atoms with Crippen molar-refractivity contribution < 1.29 is 23.9 Å². The number of rotatable bonds is 8. The molecule has 1 heterocycles. The standard InChI is InChI=1S/C19H18ClN3O4.C9H9Cl2NO/c1-25-19(24)23(26-2)17-6-4-3-5-14(17)13-27-18-11-12-22(21-18)16-9-7-15(20)8-10-16;1-2-9(13)12-6-3-4-7(10)8(11)5-6/h3-12H,13H2,1-2H3;3-5H,2H2,1H3,(H,12,13). The van der Waals surface area contributed by atoms with Crippen LogP contribution in [0.4, 0.5) is 16.2 Å². The monoisotopic (exact) mass is 604 g/mol. The molecule has 40 heavy (non-hydrogen) atoms. The summed E-state index contributed by atoms with van der Waals surface area (Å²) in [5, 5.41) is 9.71. The van der Waals surface area contributed by atoms with Crippen molar-refractivity contribution in [2.75, 3.05) is 24.6 Å². The number of hydroxylamine groups is 1. The number of aromatic nitrogens is 2. The first kappa shape index (κ1) is 30.8. The quantitative estimate of drug-likeness (QED) is 0.208. The largest absolute Gasteiger partial charge is 0.472 e. The molecule has 12 heteroatoms. The first-order chi connectivity index (χ1) is 19.2. The van der Waals surface area contributed by atoms with Crippen molar-refractivity contribution in [1.29, 1.82) is 0 Å². The number of benzene rings is 3. The minimum atomic E-state index is -0.628. The van der Waals surface area contributed by atoms with E-state index in [1.165, 1.54) is 14.2 Å². The maximum atomic E-state index is 11.9. The van der Waals surface area contributed by atoms with Gasteiger partial charge < -0.3 is 14.8 Å². The zero-order valence-electron chi connectivity index (χ0n) is 21.9. The zero-order chi connectivity index (χ0) is 29.1. The van der Waals surface area contributed by atoms with E-state index in [9.17, 15) is 9.59 Å². The van der Waals surface area contributed by atoms with E-state index >= 15 is 0 Å². The summed E-state index contributed by atoms with van der Waals surface area (Å²) in [7, 11) is 2.68. The zero-order valence-corrected chi connectivity index (χ0v) is 24.2. The van der Waals surface area contributed by atoms with Gasteiger partial charge in [-0.15, -0.1) is 5.10 Å². The SMILES string of the molecule is CCC(=O)Nc1ccc(Cl)c(Cl)c1.COC(=O)N(OC)c1ccccc1COc1ccn(-c2ccc(Cl)cc2)n1. The molecule has 0 aliphatic carbocycles. The van der Waals surface area contributed by atoms with Crippen molar-refractivity contribution >= 4 is 58.2 Å². The molecule has 3 aromatic carbocycles. The van der Waals surface area contributed by atoms with Gasteiger partial charge in [0.25, 0.3) is 0 Å². The molecule has 4 aromatic rings. The van der Waals surface area contributed by atoms with Crippen molar-refractivity contribution in [2.24, 2.45) is 0 Å². The van der Waals surface area contributed by atoms with Gasteiger partial charge in [-0.1, -0.05) is 59.9 Å². The summed E-state index contributed by atoms with van der Waals surface area (Å²) in [6.45, 7) is 1.98. The van der Waals surface area contributed by atoms with Gasteiger partial charge >= 0.3 is 6.09 Å². The molecule has 0 radical (unpaired) electrons. The van der Waals surface area contributed by atoms with Crippen LogP contribution >= 0.6 is 34.8 Å². The van der Waals surface area contributed by atoms with E-state index < -0.39 is 6.09 Å². The fraction of sp³-hybridized carbons (Fsp3) is 0.179. The molecule has 1 aromatic heterocycles. The lowest BCUT2D eigenvalue weighted by molar-refractivity contribution is -0.115. The Morgan fingerprint density at radius 3 is 2.33 bits per heavy atom. The van der Waals surface area contributed by atoms with Gasteiger partial charge in [0.05, 0.1) is 35.6 Å². The number of hydrogen-bond donors (Lipinski definition) is 1. The number of carbonyl (C=O) groups excluding carboxylic acids is 2. The van der Waals surface area contributed by atoms with E-state index in [4.69, 9.17) is 49.1 Å². The highest BCUT2D eigenvalue weighted by Crippen LogP contribution is 2.25. The van der Waals surface area contributed by atoms with Gasteiger partial charge in [0.15, 0.2) is 0 Å². The molecule has 0 unspecified atom stereocenters. The molecule has 9 nitrogen and oxygen atoms in total. The molecule has 0 aliphatic heterocycles. The van der Waals surface area contributed by atoms with Gasteiger partial charge in [-0.3, -0.25) is 9.63 Å². The lowest BCUT2D eigenvalue weighted by Gasteiger charge is -2.20. The second-order valence-corrected chi connectivity index (χ2v) is 9.22. The Balaban J connectivity index is 0.000000285. The normalized spacial score (nSPS) is 10.2. The van der Waals surface area contributed by atoms with Crippen molar-refractivity contribution in [1.82, 2.24) is 9.78 Å². The van der Waals surface area contributed by atoms with Crippen molar-refractivity contribution in [3.8, 4) is 11.6 Å². The number of hydrogen-bond acceptors (Lipinski definition) is 6. The van der Waals surface area contributed by atoms with E-state index in [0.717, 1.165) is 16.3 Å². The third-order valence-corrected chi connectivity index (χ3v) is 6.28. The third kappa shape index (κ3) is 8.62. The summed E-state index contributed by atoms with van der Waals surface area (Å²) in [5.41, 5.74) is 2.81. The maximum Gasteiger partial charge on any atom is 0.438 e. The summed E-state index contributed by atoms with van der Waals surface area (Å²) in [6, 6.07) is 21.3. The van der Waals surface area contributed by atoms with Gasteiger partial charge in [0, 0.05) is 35.0 Å². The Morgan fingerprint density at radius 1 is 0.950 bits per heavy atom. The van der Waals surface area contributed by atoms with E-state index in [0.29, 0.717) is 38.7 Å². The van der Waals surface area contributed by atoms with Crippen LogP contribution in [0.1, 0.15) is 18.9 Å². The van der Waals surface area contributed by atoms with Crippen LogP contribution in [0.25, 0.3) is 5.69 Å². The van der Waals surface area contributed by atoms with Gasteiger partial charge in [0.2, 0.25) is 11.8 Å². The van der Waals surface area contributed by atoms with Crippen LogP contribution in [0.5, 0.6) is 5.88 Å². The van der Waals surface area contributed by atoms with Crippen LogP contribution in [-0.4, -0.2) is 36.0 Å². The molecule has 0 fully saturated rings. The second-order valence-electron chi connectivity index (χ2n) is 7.97. The number of amides is 2. The van der Waals surface area contributed by atoms with Crippen LogP contribution in [0.15, 0.2) is 79.0 Å². The third-order valence-electron chi connectivity index (χ3n) is 5.29. The summed E-state index contributed by atoms with van der Waals surface area (Å²) >= 11 is 17.4. The van der Waals surface area contributed by atoms with Gasteiger partial charge in [-0.2, -0.15) is 5.06 Å². The molecule has 2 amide bonds. The van der Waals surface area contributed by atoms with E-state index in [-0.39, 0.29) is 12.5 Å². The predicted octanol–water partition coefficient (Wildman–Crippen LogP) is 7.58. The summed E-state index contributed by atoms with van der Waals surface area (Å²) < 4.78 is 12.2. The number of nitrogens with zero attached hydrogens (tertiary/aromatic N) is 3. The number of carbonyl (C=O) groups is 2. The second kappa shape index (κ2) is 15.1. The minimum absolute atomic E-state index is 0.0432. The Kier molecular flexibility index (Phi) is 11.6. The van der Waals surface area contributed by atoms with Crippen LogP contribution in [0.3, 0.4) is 0 Å². The lowest BCUT2D eigenvalue weighted by Crippen LogP contribution is -2.30. The van der Waals surface area contributed by atoms with Gasteiger partial charge in [0.1, 0.15) is 6.61 Å². The first-order valence-corrected chi connectivity index (χ1v) is 13.1. The molecule has 4 rings (SSSR count). The minimum Gasteiger partial charge on any atom is -0.472 e. The van der Waals surface area contributed by atoms with Crippen LogP contribution in [-0.2, 0) is 21.0 Å². The fourth-order valence-corrected chi connectivity index (χ4v) is 3.71. The molecule has 0 saturated heterocycles. The van der Waals surface area contributed by atoms with E-state index in [1.54, 1.807) is 66.3 Å². The van der Waals surface area contributed by atoms with Crippen molar-refractivity contribution in [2.45, 2.75) is 20.0 Å². The highest BCUT2D eigenvalue weighted by atomic mass is 35.5. The first-order valence-electron chi connectivity index (χ1n) is 11.9. The van der Waals surface area contributed by atoms with Gasteiger partial charge in [-0.25, -0.2) is 9.48 Å². The number of ether oxygens (including phenoxy) is 2. The average molecular weight is 606 g/mol. The fourth-order valence-electron chi connectivity index (χ4n) is 3.28. The molecule has 0 saturated carbocycles. The number of halogens is 3. The topological polar surface area (TPSA) is 94.9 Å². The number of anilines is 2. The van der Waals surface area contributed by atoms with Crippen LogP contribution < -0.4 is 15.1 Å². The Labute approximate surface area is 247 Å². The lowest BCUT2D eigenvalue weighted by atomic mass is 10.2. The number of methoxy groups -OCH3 is 1. The molecule has 1 N–H and O–H groups in total. The summed E-state index contributed by atoms with van der Waals surface area (Å²) in [5.74, 6) is 0.403. The van der Waals surface area contributed by atoms with E-state index in [2.05, 4.69) is 10.4 Å². The molecule has 0 atom stereocenters. The van der Waals surface area contributed by atoms with Crippen LogP contribution in [0.2, 0.25) is 15.1 Å². The Morgan fingerprint density at radius 2 is 1.68 bits per heavy atom. The summed E-state index contributed by atoms with van der Waals surface area (Å²) in [6.07, 6.45) is 1.61. The van der Waals surface area contributed by atoms with Crippen molar-refractivity contribution in [3.63, 3.8) is 0 Å². The molecule has 0 aliphatic rings. The summed E-state index contributed by atoms with van der Waals surface area (Å²) in [4.78, 5) is 28.0. The van der Waals surface area contributed by atoms with Crippen molar-refractivity contribution in [3.05, 3.63) is 99.6 Å².